The molecule has 1 aromatic rings. The third-order valence-corrected chi connectivity index (χ3v) is 3.94. The summed E-state index contributed by atoms with van der Waals surface area (Å²) < 4.78 is 0. The third kappa shape index (κ3) is 3.87. The van der Waals surface area contributed by atoms with Crippen LogP contribution in [0.1, 0.15) is 23.7 Å². The van der Waals surface area contributed by atoms with Crippen LogP contribution in [0, 0.1) is 5.41 Å². The molecule has 0 radical (unpaired) electrons. The van der Waals surface area contributed by atoms with Crippen LogP contribution in [0.4, 0.5) is 5.69 Å². The first-order chi connectivity index (χ1) is 9.46. The fourth-order valence-corrected chi connectivity index (χ4v) is 2.41. The van der Waals surface area contributed by atoms with Gasteiger partial charge in [-0.2, -0.15) is 0 Å². The van der Waals surface area contributed by atoms with Crippen LogP contribution in [-0.2, 0) is 4.79 Å². The van der Waals surface area contributed by atoms with Crippen LogP contribution in [-0.4, -0.2) is 32.0 Å². The summed E-state index contributed by atoms with van der Waals surface area (Å²) in [6.45, 7) is 3.43. The van der Waals surface area contributed by atoms with E-state index in [1.165, 1.54) is 7.05 Å². The number of hydrogen-bond acceptors (Lipinski definition) is 3. The molecule has 7 heteroatoms. The molecule has 1 heterocycles. The largest absolute Gasteiger partial charge is 0.355 e. The lowest BCUT2D eigenvalue weighted by molar-refractivity contribution is -0.123. The van der Waals surface area contributed by atoms with Gasteiger partial charge in [-0.25, -0.2) is 0 Å². The fraction of sp³-hybridized carbons (Fsp3) is 0.429. The summed E-state index contributed by atoms with van der Waals surface area (Å²) in [5.74, 6) is -0.326. The maximum atomic E-state index is 12.3. The second-order valence-corrected chi connectivity index (χ2v) is 5.62. The topological polar surface area (TPSA) is 70.2 Å². The molecular formula is C14H19Cl2N3O2. The maximum absolute atomic E-state index is 12.3. The molecule has 0 aliphatic carbocycles. The molecule has 0 saturated carbocycles. The molecule has 3 N–H and O–H groups in total. The van der Waals surface area contributed by atoms with Gasteiger partial charge in [0.05, 0.1) is 16.0 Å². The van der Waals surface area contributed by atoms with Crippen molar-refractivity contribution in [2.75, 3.05) is 25.5 Å². The standard InChI is InChI=1S/C14H18ClN3O2.ClH/c1-14(5-6-17-8-14)13(20)18-9-3-4-11(15)10(7-9)12(19)16-2;/h3-4,7,17H,5-6,8H2,1-2H3,(H,16,19)(H,18,20);1H. The molecule has 1 fully saturated rings. The number of anilines is 1. The normalized spacial score (nSPS) is 20.5. The molecule has 116 valence electrons. The van der Waals surface area contributed by atoms with Crippen molar-refractivity contribution in [2.45, 2.75) is 13.3 Å². The van der Waals surface area contributed by atoms with Gasteiger partial charge in [0.25, 0.3) is 5.91 Å². The van der Waals surface area contributed by atoms with Crippen LogP contribution >= 0.6 is 24.0 Å². The number of amides is 2. The minimum atomic E-state index is -0.410. The van der Waals surface area contributed by atoms with Crippen LogP contribution in [0.5, 0.6) is 0 Å². The monoisotopic (exact) mass is 331 g/mol. The van der Waals surface area contributed by atoms with Crippen LogP contribution < -0.4 is 16.0 Å². The van der Waals surface area contributed by atoms with Crippen molar-refractivity contribution >= 4 is 41.5 Å². The lowest BCUT2D eigenvalue weighted by Crippen LogP contribution is -2.35. The van der Waals surface area contributed by atoms with E-state index in [1.807, 2.05) is 6.92 Å². The van der Waals surface area contributed by atoms with E-state index in [9.17, 15) is 9.59 Å². The Balaban J connectivity index is 0.00000220. The van der Waals surface area contributed by atoms with Gasteiger partial charge in [-0.3, -0.25) is 9.59 Å². The first-order valence-corrected chi connectivity index (χ1v) is 6.88. The number of halogens is 2. The zero-order chi connectivity index (χ0) is 14.8. The predicted molar refractivity (Wildman–Crippen MR) is 86.3 cm³/mol. The van der Waals surface area contributed by atoms with E-state index in [1.54, 1.807) is 18.2 Å². The van der Waals surface area contributed by atoms with E-state index in [2.05, 4.69) is 16.0 Å². The SMILES string of the molecule is CNC(=O)c1cc(NC(=O)C2(C)CCNC2)ccc1Cl.Cl. The molecule has 2 rings (SSSR count). The molecule has 0 aromatic heterocycles. The Morgan fingerprint density at radius 3 is 2.67 bits per heavy atom. The van der Waals surface area contributed by atoms with Gasteiger partial charge in [-0.1, -0.05) is 11.6 Å². The summed E-state index contributed by atoms with van der Waals surface area (Å²) in [6.07, 6.45) is 0.800. The zero-order valence-corrected chi connectivity index (χ0v) is 13.5. The molecule has 2 amide bonds. The van der Waals surface area contributed by atoms with Crippen LogP contribution in [0.3, 0.4) is 0 Å². The van der Waals surface area contributed by atoms with Gasteiger partial charge in [0.2, 0.25) is 5.91 Å². The quantitative estimate of drug-likeness (QED) is 0.794. The van der Waals surface area contributed by atoms with E-state index in [0.29, 0.717) is 22.8 Å². The Morgan fingerprint density at radius 1 is 1.38 bits per heavy atom. The number of carbonyl (C=O) groups is 2. The zero-order valence-electron chi connectivity index (χ0n) is 12.0. The first-order valence-electron chi connectivity index (χ1n) is 6.50. The van der Waals surface area contributed by atoms with E-state index >= 15 is 0 Å². The molecule has 1 unspecified atom stereocenters. The van der Waals surface area contributed by atoms with Gasteiger partial charge in [-0.15, -0.1) is 12.4 Å². The van der Waals surface area contributed by atoms with Crippen LogP contribution in [0.2, 0.25) is 5.02 Å². The second-order valence-electron chi connectivity index (χ2n) is 5.22. The fourth-order valence-electron chi connectivity index (χ4n) is 2.20. The number of rotatable bonds is 3. The second kappa shape index (κ2) is 7.11. The Hall–Kier alpha value is -1.30. The van der Waals surface area contributed by atoms with Crippen molar-refractivity contribution in [3.63, 3.8) is 0 Å². The molecule has 1 saturated heterocycles. The molecule has 1 aliphatic heterocycles. The Morgan fingerprint density at radius 2 is 2.10 bits per heavy atom. The van der Waals surface area contributed by atoms with Gasteiger partial charge in [0.15, 0.2) is 0 Å². The summed E-state index contributed by atoms with van der Waals surface area (Å²) in [5, 5.41) is 8.91. The highest BCUT2D eigenvalue weighted by atomic mass is 35.5. The van der Waals surface area contributed by atoms with Gasteiger partial charge in [0, 0.05) is 19.3 Å². The summed E-state index contributed by atoms with van der Waals surface area (Å²) in [7, 11) is 1.54. The Bertz CT molecular complexity index is 543. The van der Waals surface area contributed by atoms with Crippen molar-refractivity contribution in [2.24, 2.45) is 5.41 Å². The highest BCUT2D eigenvalue weighted by molar-refractivity contribution is 6.34. The first kappa shape index (κ1) is 17.8. The van der Waals surface area contributed by atoms with Crippen LogP contribution in [0.15, 0.2) is 18.2 Å². The molecule has 0 bridgehead atoms. The average molecular weight is 332 g/mol. The van der Waals surface area contributed by atoms with E-state index in [0.717, 1.165) is 13.0 Å². The minimum absolute atomic E-state index is 0. The molecule has 5 nitrogen and oxygen atoms in total. The van der Waals surface area contributed by atoms with E-state index in [4.69, 9.17) is 11.6 Å². The van der Waals surface area contributed by atoms with Gasteiger partial charge >= 0.3 is 0 Å². The van der Waals surface area contributed by atoms with E-state index in [-0.39, 0.29) is 24.2 Å². The predicted octanol–water partition coefficient (Wildman–Crippen LogP) is 2.06. The maximum Gasteiger partial charge on any atom is 0.252 e. The molecule has 21 heavy (non-hydrogen) atoms. The van der Waals surface area contributed by atoms with Crippen molar-refractivity contribution < 1.29 is 9.59 Å². The lowest BCUT2D eigenvalue weighted by atomic mass is 9.88. The van der Waals surface area contributed by atoms with Gasteiger partial charge in [-0.05, 0) is 38.1 Å². The highest BCUT2D eigenvalue weighted by Gasteiger charge is 2.36. The highest BCUT2D eigenvalue weighted by Crippen LogP contribution is 2.27. The average Bonchev–Trinajstić information content (AvgIpc) is 2.88. The smallest absolute Gasteiger partial charge is 0.252 e. The number of benzene rings is 1. The summed E-state index contributed by atoms with van der Waals surface area (Å²) in [4.78, 5) is 24.0. The molecule has 0 spiro atoms. The van der Waals surface area contributed by atoms with Crippen molar-refractivity contribution in [3.8, 4) is 0 Å². The summed E-state index contributed by atoms with van der Waals surface area (Å²) >= 11 is 5.98. The van der Waals surface area contributed by atoms with Crippen molar-refractivity contribution in [1.29, 1.82) is 0 Å². The third-order valence-electron chi connectivity index (χ3n) is 3.61. The summed E-state index contributed by atoms with van der Waals surface area (Å²) in [5.41, 5.74) is 0.514. The molecule has 1 atom stereocenters. The Labute approximate surface area is 135 Å². The molecule has 1 aromatic carbocycles. The molecular weight excluding hydrogens is 313 g/mol. The van der Waals surface area contributed by atoms with Gasteiger partial charge < -0.3 is 16.0 Å². The Kier molecular flexibility index (Phi) is 6.01. The van der Waals surface area contributed by atoms with Crippen molar-refractivity contribution in [1.82, 2.24) is 10.6 Å². The van der Waals surface area contributed by atoms with E-state index < -0.39 is 5.41 Å². The lowest BCUT2D eigenvalue weighted by Gasteiger charge is -2.21. The van der Waals surface area contributed by atoms with Crippen molar-refractivity contribution in [3.05, 3.63) is 28.8 Å². The molecule has 1 aliphatic rings. The van der Waals surface area contributed by atoms with Crippen LogP contribution in [0.25, 0.3) is 0 Å². The summed E-state index contributed by atoms with van der Waals surface area (Å²) in [6, 6.07) is 4.89. The van der Waals surface area contributed by atoms with Gasteiger partial charge in [0.1, 0.15) is 0 Å². The number of hydrogen-bond donors (Lipinski definition) is 3. The number of nitrogens with one attached hydrogen (secondary N) is 3. The number of carbonyl (C=O) groups excluding carboxylic acids is 2. The minimum Gasteiger partial charge on any atom is -0.355 e.